The van der Waals surface area contributed by atoms with Gasteiger partial charge in [0.1, 0.15) is 24.8 Å². The molecule has 36 heavy (non-hydrogen) atoms. The highest BCUT2D eigenvalue weighted by Crippen LogP contribution is 2.28. The van der Waals surface area contributed by atoms with Gasteiger partial charge in [-0.15, -0.1) is 0 Å². The van der Waals surface area contributed by atoms with Crippen molar-refractivity contribution in [2.24, 2.45) is 10.2 Å². The fourth-order valence-corrected chi connectivity index (χ4v) is 3.69. The molecular formula is C20H26F3N9O4. The van der Waals surface area contributed by atoms with Gasteiger partial charge in [-0.05, 0) is 18.2 Å². The zero-order valence-electron chi connectivity index (χ0n) is 19.4. The molecule has 1 atom stereocenters. The van der Waals surface area contributed by atoms with Crippen LogP contribution in [0.25, 0.3) is 0 Å². The summed E-state index contributed by atoms with van der Waals surface area (Å²) in [4.78, 5) is 42.3. The molecule has 2 aliphatic rings. The number of amides is 3. The average molecular weight is 513 g/mol. The molecule has 0 radical (unpaired) electrons. The summed E-state index contributed by atoms with van der Waals surface area (Å²) >= 11 is 0. The number of hydrogen-bond donors (Lipinski definition) is 3. The van der Waals surface area contributed by atoms with Crippen molar-refractivity contribution in [3.63, 3.8) is 0 Å². The minimum absolute atomic E-state index is 0.0454. The van der Waals surface area contributed by atoms with Gasteiger partial charge in [-0.2, -0.15) is 14.3 Å². The Morgan fingerprint density at radius 3 is 2.81 bits per heavy atom. The lowest BCUT2D eigenvalue weighted by molar-refractivity contribution is -0.134. The zero-order chi connectivity index (χ0) is 26.2. The minimum atomic E-state index is -3.18. The number of aliphatic imine (C=N–C) groups is 1. The number of carbonyl (C=O) groups excluding carboxylic acids is 3. The van der Waals surface area contributed by atoms with Crippen molar-refractivity contribution in [1.82, 2.24) is 20.8 Å². The van der Waals surface area contributed by atoms with Crippen LogP contribution in [0, 0.1) is 11.3 Å². The van der Waals surface area contributed by atoms with Crippen LogP contribution in [-0.4, -0.2) is 99.7 Å². The highest BCUT2D eigenvalue weighted by Gasteiger charge is 2.33. The maximum atomic E-state index is 15.0. The largest absolute Gasteiger partial charge is 0.442 e. The molecule has 2 heterocycles. The number of hydrazine groups is 1. The molecule has 2 fully saturated rings. The van der Waals surface area contributed by atoms with E-state index in [4.69, 9.17) is 10.3 Å². The highest BCUT2D eigenvalue weighted by molar-refractivity contribution is 5.90. The predicted molar refractivity (Wildman–Crippen MR) is 121 cm³/mol. The molecule has 3 N–H and O–H groups in total. The van der Waals surface area contributed by atoms with Gasteiger partial charge in [0.25, 0.3) is 11.8 Å². The first kappa shape index (κ1) is 26.7. The number of carbonyl (C=O) groups is 3. The van der Waals surface area contributed by atoms with Crippen molar-refractivity contribution in [3.05, 3.63) is 24.0 Å². The van der Waals surface area contributed by atoms with Crippen LogP contribution in [0.3, 0.4) is 0 Å². The number of benzene rings is 1. The fraction of sp³-hybridized carbons (Fsp3) is 0.500. The second-order valence-corrected chi connectivity index (χ2v) is 7.81. The van der Waals surface area contributed by atoms with Gasteiger partial charge < -0.3 is 15.0 Å². The van der Waals surface area contributed by atoms with Crippen molar-refractivity contribution < 1.29 is 32.3 Å². The molecule has 1 aromatic rings. The summed E-state index contributed by atoms with van der Waals surface area (Å²) in [6.07, 6.45) is -3.56. The van der Waals surface area contributed by atoms with E-state index in [0.29, 0.717) is 19.6 Å². The second kappa shape index (κ2) is 12.1. The van der Waals surface area contributed by atoms with E-state index in [1.165, 1.54) is 30.5 Å². The first-order valence-electron chi connectivity index (χ1n) is 10.9. The molecule has 3 amide bonds. The molecular weight excluding hydrogens is 487 g/mol. The van der Waals surface area contributed by atoms with Crippen LogP contribution < -0.4 is 20.5 Å². The zero-order valence-corrected chi connectivity index (χ0v) is 19.4. The predicted octanol–water partition coefficient (Wildman–Crippen LogP) is 0.591. The monoisotopic (exact) mass is 513 g/mol. The molecule has 0 aromatic heterocycles. The van der Waals surface area contributed by atoms with Gasteiger partial charge in [0.05, 0.1) is 31.0 Å². The number of halogens is 3. The summed E-state index contributed by atoms with van der Waals surface area (Å²) in [5.74, 6) is -2.41. The van der Waals surface area contributed by atoms with E-state index in [-0.39, 0.29) is 43.5 Å². The molecule has 13 nitrogen and oxygen atoms in total. The average Bonchev–Trinajstić information content (AvgIpc) is 3.05. The smallest absolute Gasteiger partial charge is 0.414 e. The summed E-state index contributed by atoms with van der Waals surface area (Å²) in [6, 6.07) is 4.19. The lowest BCUT2D eigenvalue weighted by atomic mass is 10.2. The number of ether oxygens (including phenoxy) is 1. The molecule has 2 saturated heterocycles. The Morgan fingerprint density at radius 1 is 1.36 bits per heavy atom. The maximum absolute atomic E-state index is 15.0. The van der Waals surface area contributed by atoms with E-state index in [0.717, 1.165) is 16.0 Å². The first-order chi connectivity index (χ1) is 17.2. The van der Waals surface area contributed by atoms with E-state index < -0.39 is 30.3 Å². The van der Waals surface area contributed by atoms with E-state index in [1.54, 1.807) is 4.90 Å². The Kier molecular flexibility index (Phi) is 8.99. The van der Waals surface area contributed by atoms with Crippen LogP contribution in [0.4, 0.5) is 29.3 Å². The molecule has 196 valence electrons. The van der Waals surface area contributed by atoms with Gasteiger partial charge in [0.2, 0.25) is 0 Å². The van der Waals surface area contributed by atoms with Crippen molar-refractivity contribution >= 4 is 35.6 Å². The third kappa shape index (κ3) is 6.59. The van der Waals surface area contributed by atoms with Crippen molar-refractivity contribution in [1.29, 1.82) is 5.53 Å². The molecule has 3 rings (SSSR count). The third-order valence-corrected chi connectivity index (χ3v) is 5.41. The Balaban J connectivity index is 1.60. The summed E-state index contributed by atoms with van der Waals surface area (Å²) in [5, 5.41) is 7.64. The van der Waals surface area contributed by atoms with Crippen LogP contribution in [-0.2, 0) is 14.3 Å². The number of nitrogens with one attached hydrogen (secondary N) is 3. The normalized spacial score (nSPS) is 18.4. The van der Waals surface area contributed by atoms with Crippen LogP contribution in [0.5, 0.6) is 0 Å². The Labute approximate surface area is 204 Å². The van der Waals surface area contributed by atoms with Crippen LogP contribution in [0.1, 0.15) is 0 Å². The third-order valence-electron chi connectivity index (χ3n) is 5.41. The second-order valence-electron chi connectivity index (χ2n) is 7.81. The molecule has 16 heteroatoms. The van der Waals surface area contributed by atoms with Crippen LogP contribution in [0.2, 0.25) is 0 Å². The number of rotatable bonds is 9. The fourth-order valence-electron chi connectivity index (χ4n) is 3.69. The van der Waals surface area contributed by atoms with Gasteiger partial charge >= 0.3 is 12.5 Å². The number of nitrogens with zero attached hydrogens (tertiary/aromatic N) is 6. The SMILES string of the molecule is CN=CN(CC(=O)N1CCN(c2ccc(N3C[C@H](CNC(=O)C(F)F)OC3=O)cc2F)CCN1)N=N. The van der Waals surface area contributed by atoms with Crippen LogP contribution >= 0.6 is 0 Å². The number of hydrogen-bond acceptors (Lipinski definition) is 9. The lowest BCUT2D eigenvalue weighted by Gasteiger charge is -2.25. The maximum Gasteiger partial charge on any atom is 0.414 e. The molecule has 0 unspecified atom stereocenters. The van der Waals surface area contributed by atoms with Gasteiger partial charge in [0, 0.05) is 26.7 Å². The lowest BCUT2D eigenvalue weighted by Crippen LogP contribution is -2.47. The van der Waals surface area contributed by atoms with Gasteiger partial charge in [-0.25, -0.2) is 19.6 Å². The molecule has 0 bridgehead atoms. The van der Waals surface area contributed by atoms with E-state index >= 15 is 4.39 Å². The van der Waals surface area contributed by atoms with E-state index in [2.05, 4.69) is 15.6 Å². The standard InChI is InChI=1S/C20H26F3N9O4/c1-25-12-30(28-24)11-17(33)32-7-6-29(5-4-27-32)16-3-2-13(8-15(16)21)31-10-14(36-20(31)35)9-26-19(34)18(22)23/h2-3,8,12,14,18,24,27H,4-7,9-11H2,1H3,(H,26,34)/t14-/m0/s1. The first-order valence-corrected chi connectivity index (χ1v) is 10.9. The van der Waals surface area contributed by atoms with Gasteiger partial charge in [-0.3, -0.25) is 24.5 Å². The van der Waals surface area contributed by atoms with Crippen molar-refractivity contribution in [2.75, 3.05) is 62.7 Å². The van der Waals surface area contributed by atoms with E-state index in [1.807, 2.05) is 5.32 Å². The minimum Gasteiger partial charge on any atom is -0.442 e. The summed E-state index contributed by atoms with van der Waals surface area (Å²) < 4.78 is 44.7. The molecule has 0 spiro atoms. The Hall–Kier alpha value is -3.95. The van der Waals surface area contributed by atoms with Gasteiger partial charge in [-0.1, -0.05) is 5.22 Å². The molecule has 0 aliphatic carbocycles. The quantitative estimate of drug-likeness (QED) is 0.190. The number of cyclic esters (lactones) is 1. The van der Waals surface area contributed by atoms with Gasteiger partial charge in [0.15, 0.2) is 0 Å². The highest BCUT2D eigenvalue weighted by atomic mass is 19.3. The Morgan fingerprint density at radius 2 is 2.14 bits per heavy atom. The van der Waals surface area contributed by atoms with Crippen molar-refractivity contribution in [2.45, 2.75) is 12.5 Å². The summed E-state index contributed by atoms with van der Waals surface area (Å²) in [7, 11) is 1.49. The number of anilines is 2. The number of alkyl halides is 2. The Bertz CT molecular complexity index is 1010. The van der Waals surface area contributed by atoms with Crippen LogP contribution in [0.15, 0.2) is 28.4 Å². The molecule has 0 saturated carbocycles. The summed E-state index contributed by atoms with van der Waals surface area (Å²) in [6.45, 7) is 0.761. The summed E-state index contributed by atoms with van der Waals surface area (Å²) in [5.41, 5.74) is 10.5. The van der Waals surface area contributed by atoms with E-state index in [9.17, 15) is 23.2 Å². The van der Waals surface area contributed by atoms with Crippen molar-refractivity contribution in [3.8, 4) is 0 Å². The molecule has 1 aromatic carbocycles. The molecule has 2 aliphatic heterocycles. The topological polar surface area (TPSA) is 146 Å².